The molecule has 0 spiro atoms. The van der Waals surface area contributed by atoms with Crippen molar-refractivity contribution >= 4 is 21.6 Å². The maximum absolute atomic E-state index is 11.7. The average molecular weight is 268 g/mol. The molecular formula is C12H16N2O3S. The van der Waals surface area contributed by atoms with Crippen molar-refractivity contribution in [3.63, 3.8) is 0 Å². The second-order valence-corrected chi connectivity index (χ2v) is 6.19. The number of anilines is 1. The lowest BCUT2D eigenvalue weighted by molar-refractivity contribution is 0.0956. The van der Waals surface area contributed by atoms with Crippen molar-refractivity contribution in [1.29, 1.82) is 0 Å². The van der Waals surface area contributed by atoms with Gasteiger partial charge in [0, 0.05) is 18.7 Å². The Morgan fingerprint density at radius 1 is 1.44 bits per heavy atom. The molecule has 0 aliphatic carbocycles. The molecule has 18 heavy (non-hydrogen) atoms. The number of benzene rings is 1. The summed E-state index contributed by atoms with van der Waals surface area (Å²) in [6, 6.07) is 5.13. The summed E-state index contributed by atoms with van der Waals surface area (Å²) in [5, 5.41) is 2.72. The van der Waals surface area contributed by atoms with E-state index in [2.05, 4.69) is 5.32 Å². The summed E-state index contributed by atoms with van der Waals surface area (Å²) >= 11 is 0. The highest BCUT2D eigenvalue weighted by Gasteiger charge is 2.26. The predicted octanol–water partition coefficient (Wildman–Crippen LogP) is 0.758. The van der Waals surface area contributed by atoms with Crippen LogP contribution in [0.5, 0.6) is 0 Å². The van der Waals surface area contributed by atoms with Crippen LogP contribution in [-0.4, -0.2) is 33.7 Å². The van der Waals surface area contributed by atoms with E-state index in [1.165, 1.54) is 10.6 Å². The highest BCUT2D eigenvalue weighted by molar-refractivity contribution is 7.92. The van der Waals surface area contributed by atoms with Gasteiger partial charge in [-0.05, 0) is 37.1 Å². The second kappa shape index (κ2) is 4.61. The molecule has 0 radical (unpaired) electrons. The minimum Gasteiger partial charge on any atom is -0.352 e. The third kappa shape index (κ3) is 2.33. The number of sulfonamides is 1. The fraction of sp³-hybridized carbons (Fsp3) is 0.417. The first kappa shape index (κ1) is 12.9. The first-order valence-corrected chi connectivity index (χ1v) is 7.67. The SMILES string of the molecule is CCNC(=O)c1ccc2c(c1)CCN2S(C)(=O)=O. The molecule has 6 heteroatoms. The molecule has 1 aliphatic heterocycles. The maximum atomic E-state index is 11.7. The minimum absolute atomic E-state index is 0.127. The Hall–Kier alpha value is -1.56. The maximum Gasteiger partial charge on any atom is 0.251 e. The second-order valence-electron chi connectivity index (χ2n) is 4.29. The molecule has 0 saturated carbocycles. The van der Waals surface area contributed by atoms with Crippen molar-refractivity contribution in [2.45, 2.75) is 13.3 Å². The lowest BCUT2D eigenvalue weighted by Crippen LogP contribution is -2.27. The third-order valence-corrected chi connectivity index (χ3v) is 4.11. The van der Waals surface area contributed by atoms with Gasteiger partial charge < -0.3 is 5.32 Å². The lowest BCUT2D eigenvalue weighted by Gasteiger charge is -2.16. The smallest absolute Gasteiger partial charge is 0.251 e. The molecule has 0 bridgehead atoms. The van der Waals surface area contributed by atoms with E-state index in [0.717, 1.165) is 5.56 Å². The summed E-state index contributed by atoms with van der Waals surface area (Å²) in [6.07, 6.45) is 1.84. The van der Waals surface area contributed by atoms with Crippen molar-refractivity contribution < 1.29 is 13.2 Å². The van der Waals surface area contributed by atoms with Gasteiger partial charge in [-0.3, -0.25) is 9.10 Å². The van der Waals surface area contributed by atoms with Gasteiger partial charge in [-0.1, -0.05) is 0 Å². The number of hydrogen-bond acceptors (Lipinski definition) is 3. The summed E-state index contributed by atoms with van der Waals surface area (Å²) in [5.41, 5.74) is 2.17. The van der Waals surface area contributed by atoms with Gasteiger partial charge in [0.1, 0.15) is 0 Å². The Morgan fingerprint density at radius 3 is 2.78 bits per heavy atom. The Kier molecular flexibility index (Phi) is 3.30. The van der Waals surface area contributed by atoms with Gasteiger partial charge in [0.15, 0.2) is 0 Å². The number of nitrogens with zero attached hydrogens (tertiary/aromatic N) is 1. The van der Waals surface area contributed by atoms with E-state index < -0.39 is 10.0 Å². The molecule has 1 aromatic rings. The van der Waals surface area contributed by atoms with E-state index in [0.29, 0.717) is 30.8 Å². The summed E-state index contributed by atoms with van der Waals surface area (Å²) < 4.78 is 24.5. The van der Waals surface area contributed by atoms with Crippen molar-refractivity contribution in [2.75, 3.05) is 23.7 Å². The summed E-state index contributed by atoms with van der Waals surface area (Å²) in [7, 11) is -3.23. The van der Waals surface area contributed by atoms with Crippen LogP contribution in [0, 0.1) is 0 Å². The molecule has 0 aromatic heterocycles. The first-order chi connectivity index (χ1) is 8.43. The fourth-order valence-electron chi connectivity index (χ4n) is 2.12. The molecular weight excluding hydrogens is 252 g/mol. The topological polar surface area (TPSA) is 66.5 Å². The van der Waals surface area contributed by atoms with Crippen LogP contribution in [0.15, 0.2) is 18.2 Å². The number of amides is 1. The molecule has 0 unspecified atom stereocenters. The van der Waals surface area contributed by atoms with Crippen LogP contribution in [0.25, 0.3) is 0 Å². The van der Waals surface area contributed by atoms with E-state index in [9.17, 15) is 13.2 Å². The molecule has 5 nitrogen and oxygen atoms in total. The molecule has 0 fully saturated rings. The van der Waals surface area contributed by atoms with E-state index in [1.54, 1.807) is 18.2 Å². The Morgan fingerprint density at radius 2 is 2.17 bits per heavy atom. The van der Waals surface area contributed by atoms with Gasteiger partial charge >= 0.3 is 0 Å². The standard InChI is InChI=1S/C12H16N2O3S/c1-3-13-12(15)10-4-5-11-9(8-10)6-7-14(11)18(2,16)17/h4-5,8H,3,6-7H2,1-2H3,(H,13,15). The Bertz CT molecular complexity index is 581. The number of carbonyl (C=O) groups excluding carboxylic acids is 1. The van der Waals surface area contributed by atoms with Crippen LogP contribution in [0.4, 0.5) is 5.69 Å². The van der Waals surface area contributed by atoms with Gasteiger partial charge in [0.05, 0.1) is 11.9 Å². The largest absolute Gasteiger partial charge is 0.352 e. The van der Waals surface area contributed by atoms with E-state index in [1.807, 2.05) is 6.92 Å². The first-order valence-electron chi connectivity index (χ1n) is 5.82. The third-order valence-electron chi connectivity index (χ3n) is 2.93. The van der Waals surface area contributed by atoms with Crippen molar-refractivity contribution in [1.82, 2.24) is 5.32 Å². The number of carbonyl (C=O) groups is 1. The van der Waals surface area contributed by atoms with Crippen LogP contribution in [0.1, 0.15) is 22.8 Å². The molecule has 1 heterocycles. The molecule has 1 amide bonds. The Labute approximate surface area is 107 Å². The van der Waals surface area contributed by atoms with Gasteiger partial charge in [-0.2, -0.15) is 0 Å². The van der Waals surface area contributed by atoms with Gasteiger partial charge in [-0.15, -0.1) is 0 Å². The van der Waals surface area contributed by atoms with Crippen molar-refractivity contribution in [3.8, 4) is 0 Å². The lowest BCUT2D eigenvalue weighted by atomic mass is 10.1. The van der Waals surface area contributed by atoms with Crippen LogP contribution < -0.4 is 9.62 Å². The highest BCUT2D eigenvalue weighted by Crippen LogP contribution is 2.30. The van der Waals surface area contributed by atoms with Gasteiger partial charge in [0.25, 0.3) is 5.91 Å². The van der Waals surface area contributed by atoms with Crippen molar-refractivity contribution in [2.24, 2.45) is 0 Å². The zero-order valence-electron chi connectivity index (χ0n) is 10.4. The summed E-state index contributed by atoms with van der Waals surface area (Å²) in [5.74, 6) is -0.127. The number of fused-ring (bicyclic) bond motifs is 1. The molecule has 0 atom stereocenters. The van der Waals surface area contributed by atoms with Crippen LogP contribution in [0.2, 0.25) is 0 Å². The van der Waals surface area contributed by atoms with E-state index in [4.69, 9.17) is 0 Å². The number of hydrogen-bond donors (Lipinski definition) is 1. The molecule has 2 rings (SSSR count). The monoisotopic (exact) mass is 268 g/mol. The summed E-state index contributed by atoms with van der Waals surface area (Å²) in [4.78, 5) is 11.7. The molecule has 1 N–H and O–H groups in total. The fourth-order valence-corrected chi connectivity index (χ4v) is 3.08. The predicted molar refractivity (Wildman–Crippen MR) is 70.3 cm³/mol. The van der Waals surface area contributed by atoms with Gasteiger partial charge in [0.2, 0.25) is 10.0 Å². The van der Waals surface area contributed by atoms with E-state index in [-0.39, 0.29) is 5.91 Å². The van der Waals surface area contributed by atoms with Crippen LogP contribution in [-0.2, 0) is 16.4 Å². The zero-order valence-corrected chi connectivity index (χ0v) is 11.3. The normalized spacial score (nSPS) is 14.4. The summed E-state index contributed by atoms with van der Waals surface area (Å²) in [6.45, 7) is 2.88. The zero-order chi connectivity index (χ0) is 13.3. The molecule has 1 aliphatic rings. The quantitative estimate of drug-likeness (QED) is 0.880. The van der Waals surface area contributed by atoms with Gasteiger partial charge in [-0.25, -0.2) is 8.42 Å². The molecule has 98 valence electrons. The van der Waals surface area contributed by atoms with Crippen molar-refractivity contribution in [3.05, 3.63) is 29.3 Å². The molecule has 1 aromatic carbocycles. The van der Waals surface area contributed by atoms with Crippen LogP contribution in [0.3, 0.4) is 0 Å². The van der Waals surface area contributed by atoms with Crippen LogP contribution >= 0.6 is 0 Å². The highest BCUT2D eigenvalue weighted by atomic mass is 32.2. The minimum atomic E-state index is -3.23. The average Bonchev–Trinajstić information content (AvgIpc) is 2.71. The molecule has 0 saturated heterocycles. The van der Waals surface area contributed by atoms with E-state index >= 15 is 0 Å². The Balaban J connectivity index is 2.34. The number of rotatable bonds is 3. The number of nitrogens with one attached hydrogen (secondary N) is 1.